The third-order valence-electron chi connectivity index (χ3n) is 4.86. The summed E-state index contributed by atoms with van der Waals surface area (Å²) in [5.41, 5.74) is 3.75. The monoisotopic (exact) mass is 270 g/mol. The van der Waals surface area contributed by atoms with Gasteiger partial charge in [0, 0.05) is 18.3 Å². The van der Waals surface area contributed by atoms with Crippen molar-refractivity contribution in [1.82, 2.24) is 10.2 Å². The summed E-state index contributed by atoms with van der Waals surface area (Å²) in [4.78, 5) is 2.58. The molecular weight excluding hydrogens is 244 g/mol. The van der Waals surface area contributed by atoms with Crippen molar-refractivity contribution >= 4 is 5.70 Å². The van der Waals surface area contributed by atoms with Crippen LogP contribution in [0.2, 0.25) is 0 Å². The van der Waals surface area contributed by atoms with Gasteiger partial charge in [-0.05, 0) is 49.4 Å². The number of benzene rings is 1. The lowest BCUT2D eigenvalue weighted by atomic mass is 9.84. The number of hydrogen-bond acceptors (Lipinski definition) is 2. The predicted molar refractivity (Wildman–Crippen MR) is 85.6 cm³/mol. The van der Waals surface area contributed by atoms with Crippen LogP contribution in [0.15, 0.2) is 30.8 Å². The Morgan fingerprint density at radius 2 is 1.95 bits per heavy atom. The van der Waals surface area contributed by atoms with Gasteiger partial charge in [-0.2, -0.15) is 0 Å². The lowest BCUT2D eigenvalue weighted by Gasteiger charge is -2.45. The van der Waals surface area contributed by atoms with E-state index in [1.807, 2.05) is 0 Å². The molecule has 3 aliphatic heterocycles. The number of aryl methyl sites for hydroxylation is 1. The van der Waals surface area contributed by atoms with Crippen LogP contribution in [0, 0.1) is 5.92 Å². The minimum Gasteiger partial charge on any atom is -0.381 e. The minimum absolute atomic E-state index is 0.598. The van der Waals surface area contributed by atoms with E-state index in [1.165, 1.54) is 56.4 Å². The quantitative estimate of drug-likeness (QED) is 0.883. The number of piperidine rings is 3. The first-order valence-electron chi connectivity index (χ1n) is 8.03. The first kappa shape index (κ1) is 13.7. The van der Waals surface area contributed by atoms with E-state index in [2.05, 4.69) is 48.0 Å². The zero-order valence-corrected chi connectivity index (χ0v) is 12.6. The van der Waals surface area contributed by atoms with Crippen LogP contribution >= 0.6 is 0 Å². The van der Waals surface area contributed by atoms with E-state index in [-0.39, 0.29) is 0 Å². The standard InChI is InChI=1S/C18H26N2/c1-3-4-15-5-7-16(8-6-15)14(2)19-18-13-20-11-9-17(18)10-12-20/h5-8,17-19H,2-4,9-13H2,1H3/t18-/m1/s1. The van der Waals surface area contributed by atoms with Crippen molar-refractivity contribution in [1.29, 1.82) is 0 Å². The maximum absolute atomic E-state index is 4.25. The first-order valence-corrected chi connectivity index (χ1v) is 8.03. The van der Waals surface area contributed by atoms with E-state index in [0.29, 0.717) is 6.04 Å². The molecule has 2 nitrogen and oxygen atoms in total. The molecule has 3 saturated heterocycles. The summed E-state index contributed by atoms with van der Waals surface area (Å²) >= 11 is 0. The van der Waals surface area contributed by atoms with Crippen LogP contribution in [0.1, 0.15) is 37.3 Å². The number of rotatable bonds is 5. The van der Waals surface area contributed by atoms with Gasteiger partial charge >= 0.3 is 0 Å². The van der Waals surface area contributed by atoms with Crippen molar-refractivity contribution < 1.29 is 0 Å². The maximum atomic E-state index is 4.25. The van der Waals surface area contributed by atoms with Gasteiger partial charge in [0.15, 0.2) is 0 Å². The molecule has 20 heavy (non-hydrogen) atoms. The number of fused-ring (bicyclic) bond motifs is 3. The zero-order valence-electron chi connectivity index (χ0n) is 12.6. The van der Waals surface area contributed by atoms with Crippen molar-refractivity contribution in [2.75, 3.05) is 19.6 Å². The highest BCUT2D eigenvalue weighted by Gasteiger charge is 2.34. The van der Waals surface area contributed by atoms with E-state index in [9.17, 15) is 0 Å². The summed E-state index contributed by atoms with van der Waals surface area (Å²) in [6.07, 6.45) is 5.07. The van der Waals surface area contributed by atoms with Crippen LogP contribution in [-0.2, 0) is 6.42 Å². The van der Waals surface area contributed by atoms with Crippen molar-refractivity contribution in [2.24, 2.45) is 5.92 Å². The molecule has 1 N–H and O–H groups in total. The molecular formula is C18H26N2. The van der Waals surface area contributed by atoms with Crippen molar-refractivity contribution in [3.8, 4) is 0 Å². The Balaban J connectivity index is 1.61. The van der Waals surface area contributed by atoms with E-state index >= 15 is 0 Å². The summed E-state index contributed by atoms with van der Waals surface area (Å²) in [6, 6.07) is 9.49. The lowest BCUT2D eigenvalue weighted by Crippen LogP contribution is -2.55. The van der Waals surface area contributed by atoms with Crippen molar-refractivity contribution in [3.63, 3.8) is 0 Å². The molecule has 3 aliphatic rings. The summed E-state index contributed by atoms with van der Waals surface area (Å²) in [5, 5.41) is 3.68. The van der Waals surface area contributed by atoms with E-state index < -0.39 is 0 Å². The Morgan fingerprint density at radius 1 is 1.25 bits per heavy atom. The fourth-order valence-corrected chi connectivity index (χ4v) is 3.60. The molecule has 1 aromatic carbocycles. The Kier molecular flexibility index (Phi) is 4.11. The van der Waals surface area contributed by atoms with Gasteiger partial charge in [-0.1, -0.05) is 44.2 Å². The Hall–Kier alpha value is -1.28. The molecule has 3 heterocycles. The van der Waals surface area contributed by atoms with E-state index in [0.717, 1.165) is 11.6 Å². The van der Waals surface area contributed by atoms with Crippen LogP contribution < -0.4 is 5.32 Å². The van der Waals surface area contributed by atoms with Crippen LogP contribution in [0.25, 0.3) is 5.70 Å². The molecule has 0 aromatic heterocycles. The molecule has 0 radical (unpaired) electrons. The van der Waals surface area contributed by atoms with Crippen LogP contribution in [-0.4, -0.2) is 30.6 Å². The predicted octanol–water partition coefficient (Wildman–Crippen LogP) is 3.29. The molecule has 0 amide bonds. The highest BCUT2D eigenvalue weighted by atomic mass is 15.2. The molecule has 2 heteroatoms. The molecule has 0 unspecified atom stereocenters. The van der Waals surface area contributed by atoms with Crippen LogP contribution in [0.4, 0.5) is 0 Å². The van der Waals surface area contributed by atoms with Gasteiger partial charge in [0.05, 0.1) is 0 Å². The first-order chi connectivity index (χ1) is 9.76. The topological polar surface area (TPSA) is 15.3 Å². The molecule has 108 valence electrons. The van der Waals surface area contributed by atoms with Gasteiger partial charge in [-0.15, -0.1) is 0 Å². The Morgan fingerprint density at radius 3 is 2.50 bits per heavy atom. The smallest absolute Gasteiger partial charge is 0.0417 e. The molecule has 2 bridgehead atoms. The molecule has 1 atom stereocenters. The van der Waals surface area contributed by atoms with E-state index in [4.69, 9.17) is 0 Å². The highest BCUT2D eigenvalue weighted by Crippen LogP contribution is 2.28. The molecule has 3 fully saturated rings. The third kappa shape index (κ3) is 2.90. The fraction of sp³-hybridized carbons (Fsp3) is 0.556. The summed E-state index contributed by atoms with van der Waals surface area (Å²) in [7, 11) is 0. The molecule has 4 rings (SSSR count). The summed E-state index contributed by atoms with van der Waals surface area (Å²) in [6.45, 7) is 10.3. The van der Waals surface area contributed by atoms with Gasteiger partial charge in [0.1, 0.15) is 0 Å². The SMILES string of the molecule is C=C(N[C@@H]1CN2CCC1CC2)c1ccc(CCC)cc1. The van der Waals surface area contributed by atoms with Crippen molar-refractivity contribution in [2.45, 2.75) is 38.6 Å². The zero-order chi connectivity index (χ0) is 13.9. The largest absolute Gasteiger partial charge is 0.381 e. The summed E-state index contributed by atoms with van der Waals surface area (Å²) < 4.78 is 0. The van der Waals surface area contributed by atoms with Gasteiger partial charge in [0.2, 0.25) is 0 Å². The Labute approximate surface area is 122 Å². The number of nitrogens with one attached hydrogen (secondary N) is 1. The normalized spacial score (nSPS) is 28.4. The number of nitrogens with zero attached hydrogens (tertiary/aromatic N) is 1. The Bertz CT molecular complexity index is 455. The van der Waals surface area contributed by atoms with Crippen LogP contribution in [0.5, 0.6) is 0 Å². The van der Waals surface area contributed by atoms with Gasteiger partial charge in [0.25, 0.3) is 0 Å². The third-order valence-corrected chi connectivity index (χ3v) is 4.86. The molecule has 0 saturated carbocycles. The van der Waals surface area contributed by atoms with Crippen molar-refractivity contribution in [3.05, 3.63) is 42.0 Å². The second-order valence-electron chi connectivity index (χ2n) is 6.31. The van der Waals surface area contributed by atoms with Gasteiger partial charge in [-0.25, -0.2) is 0 Å². The molecule has 0 aliphatic carbocycles. The minimum atomic E-state index is 0.598. The molecule has 0 spiro atoms. The van der Waals surface area contributed by atoms with Crippen LogP contribution in [0.3, 0.4) is 0 Å². The van der Waals surface area contributed by atoms with E-state index in [1.54, 1.807) is 0 Å². The number of hydrogen-bond donors (Lipinski definition) is 1. The van der Waals surface area contributed by atoms with Gasteiger partial charge < -0.3 is 10.2 Å². The lowest BCUT2D eigenvalue weighted by molar-refractivity contribution is 0.0801. The molecule has 1 aromatic rings. The average Bonchev–Trinajstić information content (AvgIpc) is 2.49. The second-order valence-corrected chi connectivity index (χ2v) is 6.31. The summed E-state index contributed by atoms with van der Waals surface area (Å²) in [5.74, 6) is 0.844. The highest BCUT2D eigenvalue weighted by molar-refractivity contribution is 5.62. The maximum Gasteiger partial charge on any atom is 0.0417 e. The fourth-order valence-electron chi connectivity index (χ4n) is 3.60. The average molecular weight is 270 g/mol. The second kappa shape index (κ2) is 6.01. The van der Waals surface area contributed by atoms with Gasteiger partial charge in [-0.3, -0.25) is 0 Å².